The first-order chi connectivity index (χ1) is 12.0. The van der Waals surface area contributed by atoms with Crippen LogP contribution in [0.5, 0.6) is 0 Å². The number of hydrogen-bond donors (Lipinski definition) is 1. The highest BCUT2D eigenvalue weighted by Crippen LogP contribution is 2.19. The van der Waals surface area contributed by atoms with Crippen LogP contribution in [0.2, 0.25) is 5.02 Å². The van der Waals surface area contributed by atoms with E-state index in [1.54, 1.807) is 35.1 Å². The second-order valence-corrected chi connectivity index (χ2v) is 5.69. The fourth-order valence-electron chi connectivity index (χ4n) is 2.30. The van der Waals surface area contributed by atoms with Gasteiger partial charge in [-0.05, 0) is 23.8 Å². The predicted molar refractivity (Wildman–Crippen MR) is 93.8 cm³/mol. The first-order valence-electron chi connectivity index (χ1n) is 7.35. The smallest absolute Gasteiger partial charge is 0.282 e. The Labute approximate surface area is 148 Å². The molecule has 3 rings (SSSR count). The number of carbonyl (C=O) groups is 1. The summed E-state index contributed by atoms with van der Waals surface area (Å²) in [4.78, 5) is 22.7. The van der Waals surface area contributed by atoms with E-state index in [0.29, 0.717) is 17.4 Å². The minimum Gasteiger partial charge on any atom is -0.305 e. The van der Waals surface area contributed by atoms with E-state index >= 15 is 0 Å². The van der Waals surface area contributed by atoms with Crippen LogP contribution in [-0.2, 0) is 6.54 Å². The number of nitro groups is 1. The average molecular weight is 357 g/mol. The topological polar surface area (TPSA) is 90.1 Å². The molecule has 0 aliphatic rings. The number of nitro benzene ring substituents is 1. The Morgan fingerprint density at radius 1 is 1.16 bits per heavy atom. The summed E-state index contributed by atoms with van der Waals surface area (Å²) >= 11 is 5.85. The highest BCUT2D eigenvalue weighted by Gasteiger charge is 2.19. The van der Waals surface area contributed by atoms with Gasteiger partial charge < -0.3 is 5.32 Å². The van der Waals surface area contributed by atoms with Crippen molar-refractivity contribution in [3.8, 4) is 0 Å². The Morgan fingerprint density at radius 2 is 1.88 bits per heavy atom. The fourth-order valence-corrected chi connectivity index (χ4v) is 2.43. The zero-order valence-corrected chi connectivity index (χ0v) is 13.7. The van der Waals surface area contributed by atoms with Crippen LogP contribution in [0.15, 0.2) is 60.8 Å². The standard InChI is InChI=1S/C17H13ClN4O3/c18-13-7-5-12(6-8-13)11-21-10-9-16(20-21)19-17(23)14-3-1-2-4-15(14)22(24)25/h1-10H,11H2,(H,19,20,23). The van der Waals surface area contributed by atoms with Crippen LogP contribution in [-0.4, -0.2) is 20.6 Å². The van der Waals surface area contributed by atoms with Crippen molar-refractivity contribution >= 4 is 29.0 Å². The zero-order chi connectivity index (χ0) is 17.8. The molecule has 1 amide bonds. The van der Waals surface area contributed by atoms with Gasteiger partial charge in [-0.15, -0.1) is 0 Å². The molecule has 0 unspecified atom stereocenters. The number of anilines is 1. The van der Waals surface area contributed by atoms with Crippen LogP contribution >= 0.6 is 11.6 Å². The summed E-state index contributed by atoms with van der Waals surface area (Å²) in [7, 11) is 0. The second-order valence-electron chi connectivity index (χ2n) is 5.25. The monoisotopic (exact) mass is 356 g/mol. The number of nitrogens with one attached hydrogen (secondary N) is 1. The summed E-state index contributed by atoms with van der Waals surface area (Å²) in [5, 5.41) is 18.5. The molecule has 1 heterocycles. The molecule has 0 aliphatic heterocycles. The predicted octanol–water partition coefficient (Wildman–Crippen LogP) is 3.75. The Hall–Kier alpha value is -3.19. The fraction of sp³-hybridized carbons (Fsp3) is 0.0588. The van der Waals surface area contributed by atoms with E-state index in [-0.39, 0.29) is 11.3 Å². The SMILES string of the molecule is O=C(Nc1ccn(Cc2ccc(Cl)cc2)n1)c1ccccc1[N+](=O)[O-]. The maximum Gasteiger partial charge on any atom is 0.282 e. The molecule has 25 heavy (non-hydrogen) atoms. The molecule has 126 valence electrons. The lowest BCUT2D eigenvalue weighted by atomic mass is 10.1. The Kier molecular flexibility index (Phi) is 4.76. The second kappa shape index (κ2) is 7.14. The summed E-state index contributed by atoms with van der Waals surface area (Å²) in [6.07, 6.45) is 1.71. The normalized spacial score (nSPS) is 10.4. The van der Waals surface area contributed by atoms with Crippen molar-refractivity contribution in [1.29, 1.82) is 0 Å². The first kappa shape index (κ1) is 16.7. The number of nitrogens with zero attached hydrogens (tertiary/aromatic N) is 3. The summed E-state index contributed by atoms with van der Waals surface area (Å²) in [5.41, 5.74) is 0.740. The van der Waals surface area contributed by atoms with Gasteiger partial charge in [0.15, 0.2) is 5.82 Å². The van der Waals surface area contributed by atoms with Gasteiger partial charge in [-0.1, -0.05) is 35.9 Å². The third-order valence-corrected chi connectivity index (χ3v) is 3.74. The minimum atomic E-state index is -0.589. The van der Waals surface area contributed by atoms with Crippen molar-refractivity contribution in [2.24, 2.45) is 0 Å². The van der Waals surface area contributed by atoms with Crippen LogP contribution in [0.25, 0.3) is 0 Å². The number of para-hydroxylation sites is 1. The van der Waals surface area contributed by atoms with E-state index in [1.165, 1.54) is 18.2 Å². The molecule has 8 heteroatoms. The number of hydrogen-bond acceptors (Lipinski definition) is 4. The van der Waals surface area contributed by atoms with Gasteiger partial charge in [-0.2, -0.15) is 5.10 Å². The lowest BCUT2D eigenvalue weighted by molar-refractivity contribution is -0.385. The van der Waals surface area contributed by atoms with E-state index < -0.39 is 10.8 Å². The molecular weight excluding hydrogens is 344 g/mol. The Bertz CT molecular complexity index is 922. The molecule has 0 aliphatic carbocycles. The third kappa shape index (κ3) is 4.02. The molecule has 7 nitrogen and oxygen atoms in total. The van der Waals surface area contributed by atoms with E-state index in [4.69, 9.17) is 11.6 Å². The third-order valence-electron chi connectivity index (χ3n) is 3.49. The van der Waals surface area contributed by atoms with Gasteiger partial charge in [0.05, 0.1) is 11.5 Å². The molecular formula is C17H13ClN4O3. The summed E-state index contributed by atoms with van der Waals surface area (Å²) in [5.74, 6) is -0.263. The van der Waals surface area contributed by atoms with Gasteiger partial charge in [-0.3, -0.25) is 19.6 Å². The molecule has 0 fully saturated rings. The van der Waals surface area contributed by atoms with E-state index in [1.807, 2.05) is 12.1 Å². The largest absolute Gasteiger partial charge is 0.305 e. The summed E-state index contributed by atoms with van der Waals surface area (Å²) in [6, 6.07) is 14.7. The van der Waals surface area contributed by atoms with Crippen LogP contribution < -0.4 is 5.32 Å². The Balaban J connectivity index is 1.72. The van der Waals surface area contributed by atoms with Crippen molar-refractivity contribution < 1.29 is 9.72 Å². The molecule has 0 radical (unpaired) electrons. The molecule has 0 spiro atoms. The molecule has 1 N–H and O–H groups in total. The maximum absolute atomic E-state index is 12.3. The summed E-state index contributed by atoms with van der Waals surface area (Å²) in [6.45, 7) is 0.512. The van der Waals surface area contributed by atoms with Gasteiger partial charge in [0.2, 0.25) is 0 Å². The highest BCUT2D eigenvalue weighted by atomic mass is 35.5. The quantitative estimate of drug-likeness (QED) is 0.557. The molecule has 0 saturated carbocycles. The van der Waals surface area contributed by atoms with E-state index in [9.17, 15) is 14.9 Å². The van der Waals surface area contributed by atoms with Crippen molar-refractivity contribution in [2.45, 2.75) is 6.54 Å². The molecule has 0 bridgehead atoms. The van der Waals surface area contributed by atoms with Gasteiger partial charge in [0.25, 0.3) is 11.6 Å². The molecule has 2 aromatic carbocycles. The van der Waals surface area contributed by atoms with Gasteiger partial charge >= 0.3 is 0 Å². The number of amides is 1. The molecule has 0 saturated heterocycles. The lowest BCUT2D eigenvalue weighted by Gasteiger charge is -2.04. The number of rotatable bonds is 5. The number of halogens is 1. The van der Waals surface area contributed by atoms with Crippen molar-refractivity contribution in [2.75, 3.05) is 5.32 Å². The lowest BCUT2D eigenvalue weighted by Crippen LogP contribution is -2.14. The van der Waals surface area contributed by atoms with Crippen LogP contribution in [0, 0.1) is 10.1 Å². The van der Waals surface area contributed by atoms with E-state index in [2.05, 4.69) is 10.4 Å². The zero-order valence-electron chi connectivity index (χ0n) is 12.9. The van der Waals surface area contributed by atoms with Crippen molar-refractivity contribution in [1.82, 2.24) is 9.78 Å². The summed E-state index contributed by atoms with van der Waals surface area (Å²) < 4.78 is 1.65. The van der Waals surface area contributed by atoms with Gasteiger partial charge in [-0.25, -0.2) is 0 Å². The molecule has 0 atom stereocenters. The maximum atomic E-state index is 12.3. The number of aromatic nitrogens is 2. The first-order valence-corrected chi connectivity index (χ1v) is 7.73. The molecule has 3 aromatic rings. The number of carbonyl (C=O) groups excluding carboxylic acids is 1. The minimum absolute atomic E-state index is 0.0141. The van der Waals surface area contributed by atoms with Gasteiger partial charge in [0.1, 0.15) is 5.56 Å². The van der Waals surface area contributed by atoms with Crippen LogP contribution in [0.1, 0.15) is 15.9 Å². The Morgan fingerprint density at radius 3 is 2.60 bits per heavy atom. The van der Waals surface area contributed by atoms with Crippen molar-refractivity contribution in [3.05, 3.63) is 87.1 Å². The number of benzene rings is 2. The van der Waals surface area contributed by atoms with E-state index in [0.717, 1.165) is 5.56 Å². The van der Waals surface area contributed by atoms with Gasteiger partial charge in [0, 0.05) is 23.4 Å². The average Bonchev–Trinajstić information content (AvgIpc) is 3.03. The molecule has 1 aromatic heterocycles. The van der Waals surface area contributed by atoms with Crippen LogP contribution in [0.3, 0.4) is 0 Å². The highest BCUT2D eigenvalue weighted by molar-refractivity contribution is 6.30. The van der Waals surface area contributed by atoms with Crippen LogP contribution in [0.4, 0.5) is 11.5 Å². The van der Waals surface area contributed by atoms with Crippen molar-refractivity contribution in [3.63, 3.8) is 0 Å².